The van der Waals surface area contributed by atoms with Gasteiger partial charge in [-0.3, -0.25) is 4.79 Å². The molecular weight excluding hydrogens is 269 g/mol. The van der Waals surface area contributed by atoms with Crippen molar-refractivity contribution < 1.29 is 18.0 Å². The maximum absolute atomic E-state index is 13.0. The monoisotopic (exact) mass is 286 g/mol. The van der Waals surface area contributed by atoms with Gasteiger partial charge in [-0.15, -0.1) is 0 Å². The lowest BCUT2D eigenvalue weighted by Gasteiger charge is -2.21. The zero-order valence-electron chi connectivity index (χ0n) is 11.3. The fourth-order valence-electron chi connectivity index (χ4n) is 2.42. The second-order valence-corrected chi connectivity index (χ2v) is 4.76. The number of rotatable bonds is 3. The number of anilines is 1. The van der Waals surface area contributed by atoms with Crippen LogP contribution in [0.5, 0.6) is 0 Å². The van der Waals surface area contributed by atoms with E-state index in [2.05, 4.69) is 5.32 Å². The maximum atomic E-state index is 13.0. The molecule has 0 radical (unpaired) electrons. The van der Waals surface area contributed by atoms with Gasteiger partial charge in [-0.2, -0.15) is 13.2 Å². The smallest absolute Gasteiger partial charge is 0.384 e. The third-order valence-corrected chi connectivity index (χ3v) is 3.35. The van der Waals surface area contributed by atoms with E-state index in [0.717, 1.165) is 18.9 Å². The number of nitrogens with one attached hydrogen (secondary N) is 1. The Bertz CT molecular complexity index is 494. The van der Waals surface area contributed by atoms with Crippen LogP contribution in [0.1, 0.15) is 35.7 Å². The number of para-hydroxylation sites is 1. The summed E-state index contributed by atoms with van der Waals surface area (Å²) in [5.74, 6) is -0.329. The van der Waals surface area contributed by atoms with Gasteiger partial charge in [-0.25, -0.2) is 0 Å². The van der Waals surface area contributed by atoms with Crippen molar-refractivity contribution in [2.24, 2.45) is 0 Å². The molecule has 0 unspecified atom stereocenters. The van der Waals surface area contributed by atoms with Gasteiger partial charge in [0.1, 0.15) is 0 Å². The second kappa shape index (κ2) is 5.73. The summed E-state index contributed by atoms with van der Waals surface area (Å²) in [7, 11) is 0. The van der Waals surface area contributed by atoms with Crippen molar-refractivity contribution in [3.8, 4) is 0 Å². The maximum Gasteiger partial charge on any atom is 0.418 e. The summed E-state index contributed by atoms with van der Waals surface area (Å²) in [6.45, 7) is 3.26. The van der Waals surface area contributed by atoms with Crippen LogP contribution in [-0.2, 0) is 6.18 Å². The molecule has 1 amide bonds. The molecule has 0 aromatic heterocycles. The fraction of sp³-hybridized carbons (Fsp3) is 0.500. The molecule has 2 rings (SSSR count). The third-order valence-electron chi connectivity index (χ3n) is 3.35. The van der Waals surface area contributed by atoms with E-state index in [1.54, 1.807) is 11.8 Å². The molecule has 1 aromatic rings. The number of alkyl halides is 3. The van der Waals surface area contributed by atoms with Crippen LogP contribution in [0.4, 0.5) is 18.9 Å². The summed E-state index contributed by atoms with van der Waals surface area (Å²) in [5.41, 5.74) is -0.799. The molecule has 0 bridgehead atoms. The largest absolute Gasteiger partial charge is 0.418 e. The van der Waals surface area contributed by atoms with Gasteiger partial charge in [0.05, 0.1) is 16.8 Å². The van der Waals surface area contributed by atoms with Crippen molar-refractivity contribution in [3.63, 3.8) is 0 Å². The SMILES string of the molecule is CCNc1c(C(=O)N2CCCC2)cccc1C(F)(F)F. The average molecular weight is 286 g/mol. The summed E-state index contributed by atoms with van der Waals surface area (Å²) >= 11 is 0. The van der Waals surface area contributed by atoms with Crippen molar-refractivity contribution in [2.45, 2.75) is 25.9 Å². The lowest BCUT2D eigenvalue weighted by atomic mass is 10.0. The highest BCUT2D eigenvalue weighted by Gasteiger charge is 2.35. The van der Waals surface area contributed by atoms with Crippen LogP contribution >= 0.6 is 0 Å². The van der Waals surface area contributed by atoms with Crippen molar-refractivity contribution in [3.05, 3.63) is 29.3 Å². The molecule has 6 heteroatoms. The molecule has 1 fully saturated rings. The standard InChI is InChI=1S/C14H17F3N2O/c1-2-18-12-10(13(20)19-8-3-4-9-19)6-5-7-11(12)14(15,16)17/h5-7,18H,2-4,8-9H2,1H3. The molecule has 1 heterocycles. The molecule has 20 heavy (non-hydrogen) atoms. The predicted molar refractivity (Wildman–Crippen MR) is 70.7 cm³/mol. The predicted octanol–water partition coefficient (Wildman–Crippen LogP) is 3.37. The van der Waals surface area contributed by atoms with Gasteiger partial charge in [-0.1, -0.05) is 6.07 Å². The minimum Gasteiger partial charge on any atom is -0.384 e. The van der Waals surface area contributed by atoms with Crippen LogP contribution in [0.3, 0.4) is 0 Å². The summed E-state index contributed by atoms with van der Waals surface area (Å²) in [6.07, 6.45) is -2.67. The molecule has 0 atom stereocenters. The first kappa shape index (κ1) is 14.7. The van der Waals surface area contributed by atoms with Crippen LogP contribution < -0.4 is 5.32 Å². The molecule has 0 aliphatic carbocycles. The lowest BCUT2D eigenvalue weighted by Crippen LogP contribution is -2.29. The number of hydrogen-bond donors (Lipinski definition) is 1. The zero-order valence-corrected chi connectivity index (χ0v) is 11.3. The Hall–Kier alpha value is -1.72. The highest BCUT2D eigenvalue weighted by Crippen LogP contribution is 2.37. The number of carbonyl (C=O) groups is 1. The van der Waals surface area contributed by atoms with E-state index >= 15 is 0 Å². The van der Waals surface area contributed by atoms with Crippen LogP contribution in [-0.4, -0.2) is 30.4 Å². The molecule has 1 aliphatic heterocycles. The lowest BCUT2D eigenvalue weighted by molar-refractivity contribution is -0.137. The molecule has 0 spiro atoms. The Morgan fingerprint density at radius 1 is 1.30 bits per heavy atom. The number of halogens is 3. The molecule has 110 valence electrons. The number of carbonyl (C=O) groups excluding carboxylic acids is 1. The van der Waals surface area contributed by atoms with E-state index in [1.807, 2.05) is 0 Å². The van der Waals surface area contributed by atoms with E-state index in [4.69, 9.17) is 0 Å². The zero-order chi connectivity index (χ0) is 14.8. The quantitative estimate of drug-likeness (QED) is 0.924. The third kappa shape index (κ3) is 2.89. The normalized spacial score (nSPS) is 15.5. The minimum absolute atomic E-state index is 0.101. The number of likely N-dealkylation sites (tertiary alicyclic amines) is 1. The van der Waals surface area contributed by atoms with Crippen molar-refractivity contribution in [1.82, 2.24) is 4.90 Å². The average Bonchev–Trinajstić information content (AvgIpc) is 2.91. The fourth-order valence-corrected chi connectivity index (χ4v) is 2.42. The highest BCUT2D eigenvalue weighted by atomic mass is 19.4. The molecule has 3 nitrogen and oxygen atoms in total. The van der Waals surface area contributed by atoms with Gasteiger partial charge < -0.3 is 10.2 Å². The van der Waals surface area contributed by atoms with Crippen molar-refractivity contribution in [1.29, 1.82) is 0 Å². The Morgan fingerprint density at radius 3 is 2.50 bits per heavy atom. The Kier molecular flexibility index (Phi) is 4.20. The van der Waals surface area contributed by atoms with E-state index in [9.17, 15) is 18.0 Å². The van der Waals surface area contributed by atoms with Gasteiger partial charge in [0.25, 0.3) is 5.91 Å². The molecule has 1 N–H and O–H groups in total. The van der Waals surface area contributed by atoms with E-state index in [-0.39, 0.29) is 17.2 Å². The molecule has 1 aliphatic rings. The van der Waals surface area contributed by atoms with E-state index in [0.29, 0.717) is 19.6 Å². The Labute approximate surface area is 115 Å². The van der Waals surface area contributed by atoms with Gasteiger partial charge in [0, 0.05) is 19.6 Å². The van der Waals surface area contributed by atoms with E-state index < -0.39 is 11.7 Å². The first-order chi connectivity index (χ1) is 9.45. The molecule has 1 aromatic carbocycles. The molecular formula is C14H17F3N2O. The first-order valence-corrected chi connectivity index (χ1v) is 6.68. The van der Waals surface area contributed by atoms with Gasteiger partial charge >= 0.3 is 6.18 Å². The summed E-state index contributed by atoms with van der Waals surface area (Å²) < 4.78 is 39.1. The van der Waals surface area contributed by atoms with E-state index in [1.165, 1.54) is 12.1 Å². The molecule has 1 saturated heterocycles. The highest BCUT2D eigenvalue weighted by molar-refractivity contribution is 6.00. The first-order valence-electron chi connectivity index (χ1n) is 6.68. The van der Waals surface area contributed by atoms with Gasteiger partial charge in [0.15, 0.2) is 0 Å². The van der Waals surface area contributed by atoms with Crippen LogP contribution in [0.2, 0.25) is 0 Å². The summed E-state index contributed by atoms with van der Waals surface area (Å²) in [6, 6.07) is 3.74. The summed E-state index contributed by atoms with van der Waals surface area (Å²) in [5, 5.41) is 2.69. The number of amides is 1. The topological polar surface area (TPSA) is 32.3 Å². The Morgan fingerprint density at radius 2 is 1.95 bits per heavy atom. The number of benzene rings is 1. The van der Waals surface area contributed by atoms with Crippen molar-refractivity contribution >= 4 is 11.6 Å². The minimum atomic E-state index is -4.47. The van der Waals surface area contributed by atoms with Crippen LogP contribution in [0.25, 0.3) is 0 Å². The van der Waals surface area contributed by atoms with Gasteiger partial charge in [0.2, 0.25) is 0 Å². The number of hydrogen-bond acceptors (Lipinski definition) is 2. The second-order valence-electron chi connectivity index (χ2n) is 4.76. The molecule has 0 saturated carbocycles. The van der Waals surface area contributed by atoms with Crippen LogP contribution in [0, 0.1) is 0 Å². The van der Waals surface area contributed by atoms with Crippen molar-refractivity contribution in [2.75, 3.05) is 25.0 Å². The van der Waals surface area contributed by atoms with Crippen LogP contribution in [0.15, 0.2) is 18.2 Å². The van der Waals surface area contributed by atoms with Gasteiger partial charge in [-0.05, 0) is 31.9 Å². The number of nitrogens with zero attached hydrogens (tertiary/aromatic N) is 1. The summed E-state index contributed by atoms with van der Waals surface area (Å²) in [4.78, 5) is 13.9. The Balaban J connectivity index is 2.43.